The monoisotopic (exact) mass is 322 g/mol. The number of rotatable bonds is 4. The second-order valence-corrected chi connectivity index (χ2v) is 6.66. The van der Waals surface area contributed by atoms with Crippen molar-refractivity contribution in [1.82, 2.24) is 9.80 Å². The Labute approximate surface area is 137 Å². The van der Waals surface area contributed by atoms with E-state index in [2.05, 4.69) is 11.0 Å². The molecule has 22 heavy (non-hydrogen) atoms. The molecule has 3 rings (SSSR count). The third kappa shape index (κ3) is 4.22. The standard InChI is InChI=1S/C17H23ClN2O2/c18-16-3-1-2-14(10-16)12-19-5-7-20(8-6-19)17(21)11-15-4-9-22-13-15/h1-3,10,15H,4-9,11-13H2/t15-/m0/s1. The fourth-order valence-corrected chi connectivity index (χ4v) is 3.38. The summed E-state index contributed by atoms with van der Waals surface area (Å²) in [6.45, 7) is 5.98. The fraction of sp³-hybridized carbons (Fsp3) is 0.588. The van der Waals surface area contributed by atoms with Gasteiger partial charge >= 0.3 is 0 Å². The number of hydrogen-bond donors (Lipinski definition) is 0. The molecule has 0 radical (unpaired) electrons. The first-order chi connectivity index (χ1) is 10.7. The minimum atomic E-state index is 0.290. The van der Waals surface area contributed by atoms with Crippen molar-refractivity contribution in [2.75, 3.05) is 39.4 Å². The van der Waals surface area contributed by atoms with Gasteiger partial charge in [0.1, 0.15) is 0 Å². The molecule has 2 fully saturated rings. The summed E-state index contributed by atoms with van der Waals surface area (Å²) in [4.78, 5) is 16.7. The first-order valence-electron chi connectivity index (χ1n) is 8.03. The summed E-state index contributed by atoms with van der Waals surface area (Å²) >= 11 is 6.03. The molecule has 1 amide bonds. The highest BCUT2D eigenvalue weighted by atomic mass is 35.5. The molecule has 2 aliphatic heterocycles. The van der Waals surface area contributed by atoms with Crippen LogP contribution < -0.4 is 0 Å². The molecular weight excluding hydrogens is 300 g/mol. The molecule has 1 atom stereocenters. The summed E-state index contributed by atoms with van der Waals surface area (Å²) in [6, 6.07) is 8.00. The van der Waals surface area contributed by atoms with Gasteiger partial charge in [-0.05, 0) is 30.0 Å². The molecule has 120 valence electrons. The summed E-state index contributed by atoms with van der Waals surface area (Å²) in [5.41, 5.74) is 1.23. The van der Waals surface area contributed by atoms with Gasteiger partial charge in [0.25, 0.3) is 0 Å². The zero-order valence-electron chi connectivity index (χ0n) is 12.8. The first-order valence-corrected chi connectivity index (χ1v) is 8.41. The summed E-state index contributed by atoms with van der Waals surface area (Å²) in [6.07, 6.45) is 1.68. The van der Waals surface area contributed by atoms with Crippen LogP contribution in [-0.2, 0) is 16.1 Å². The van der Waals surface area contributed by atoms with Crippen LogP contribution in [0.15, 0.2) is 24.3 Å². The van der Waals surface area contributed by atoms with Gasteiger partial charge in [-0.25, -0.2) is 0 Å². The van der Waals surface area contributed by atoms with Crippen molar-refractivity contribution in [3.05, 3.63) is 34.9 Å². The van der Waals surface area contributed by atoms with Gasteiger partial charge < -0.3 is 9.64 Å². The lowest BCUT2D eigenvalue weighted by Gasteiger charge is -2.35. The van der Waals surface area contributed by atoms with Crippen molar-refractivity contribution in [3.8, 4) is 0 Å². The second-order valence-electron chi connectivity index (χ2n) is 6.22. The fourth-order valence-electron chi connectivity index (χ4n) is 3.17. The highest BCUT2D eigenvalue weighted by Crippen LogP contribution is 2.19. The topological polar surface area (TPSA) is 32.8 Å². The Kier molecular flexibility index (Phi) is 5.34. The van der Waals surface area contributed by atoms with E-state index in [4.69, 9.17) is 16.3 Å². The summed E-state index contributed by atoms with van der Waals surface area (Å²) in [5.74, 6) is 0.717. The first kappa shape index (κ1) is 15.8. The third-order valence-corrected chi connectivity index (χ3v) is 4.74. The van der Waals surface area contributed by atoms with E-state index in [1.54, 1.807) is 0 Å². The maximum absolute atomic E-state index is 12.3. The largest absolute Gasteiger partial charge is 0.381 e. The average Bonchev–Trinajstić information content (AvgIpc) is 3.01. The third-order valence-electron chi connectivity index (χ3n) is 4.51. The lowest BCUT2D eigenvalue weighted by Crippen LogP contribution is -2.48. The van der Waals surface area contributed by atoms with Crippen molar-refractivity contribution in [3.63, 3.8) is 0 Å². The molecular formula is C17H23ClN2O2. The Hall–Kier alpha value is -1.10. The number of amides is 1. The van der Waals surface area contributed by atoms with Crippen molar-refractivity contribution in [1.29, 1.82) is 0 Å². The molecule has 0 saturated carbocycles. The molecule has 2 aliphatic rings. The smallest absolute Gasteiger partial charge is 0.223 e. The Morgan fingerprint density at radius 3 is 2.77 bits per heavy atom. The Balaban J connectivity index is 1.44. The van der Waals surface area contributed by atoms with Crippen molar-refractivity contribution in [2.45, 2.75) is 19.4 Å². The minimum Gasteiger partial charge on any atom is -0.381 e. The van der Waals surface area contributed by atoms with Gasteiger partial charge in [0.2, 0.25) is 5.91 Å². The van der Waals surface area contributed by atoms with Crippen LogP contribution in [0, 0.1) is 5.92 Å². The number of benzene rings is 1. The number of piperazine rings is 1. The normalized spacial score (nSPS) is 23.0. The van der Waals surface area contributed by atoms with E-state index in [1.165, 1.54) is 5.56 Å². The Morgan fingerprint density at radius 2 is 2.09 bits per heavy atom. The zero-order chi connectivity index (χ0) is 15.4. The molecule has 4 nitrogen and oxygen atoms in total. The van der Waals surface area contributed by atoms with Gasteiger partial charge in [0, 0.05) is 57.4 Å². The van der Waals surface area contributed by atoms with Gasteiger partial charge in [0.05, 0.1) is 0 Å². The van der Waals surface area contributed by atoms with E-state index < -0.39 is 0 Å². The molecule has 2 heterocycles. The summed E-state index contributed by atoms with van der Waals surface area (Å²) < 4.78 is 5.35. The van der Waals surface area contributed by atoms with Gasteiger partial charge in [-0.15, -0.1) is 0 Å². The number of halogens is 1. The van der Waals surface area contributed by atoms with Crippen LogP contribution in [-0.4, -0.2) is 55.1 Å². The molecule has 5 heteroatoms. The second kappa shape index (κ2) is 7.44. The van der Waals surface area contributed by atoms with E-state index >= 15 is 0 Å². The molecule has 2 saturated heterocycles. The molecule has 0 unspecified atom stereocenters. The van der Waals surface area contributed by atoms with E-state index in [-0.39, 0.29) is 5.91 Å². The maximum atomic E-state index is 12.3. The lowest BCUT2D eigenvalue weighted by molar-refractivity contribution is -0.134. The molecule has 0 spiro atoms. The van der Waals surface area contributed by atoms with E-state index in [0.29, 0.717) is 12.3 Å². The number of ether oxygens (including phenoxy) is 1. The van der Waals surface area contributed by atoms with E-state index in [1.807, 2.05) is 23.1 Å². The highest BCUT2D eigenvalue weighted by Gasteiger charge is 2.25. The van der Waals surface area contributed by atoms with Gasteiger partial charge in [-0.3, -0.25) is 9.69 Å². The van der Waals surface area contributed by atoms with Gasteiger partial charge in [-0.1, -0.05) is 23.7 Å². The maximum Gasteiger partial charge on any atom is 0.223 e. The van der Waals surface area contributed by atoms with E-state index in [9.17, 15) is 4.79 Å². The minimum absolute atomic E-state index is 0.290. The van der Waals surface area contributed by atoms with Crippen LogP contribution in [0.1, 0.15) is 18.4 Å². The molecule has 0 aliphatic carbocycles. The average molecular weight is 323 g/mol. The van der Waals surface area contributed by atoms with Gasteiger partial charge in [-0.2, -0.15) is 0 Å². The predicted octanol–water partition coefficient (Wildman–Crippen LogP) is 2.41. The predicted molar refractivity (Wildman–Crippen MR) is 86.9 cm³/mol. The molecule has 0 aromatic heterocycles. The highest BCUT2D eigenvalue weighted by molar-refractivity contribution is 6.30. The Bertz CT molecular complexity index is 509. The number of carbonyl (C=O) groups is 1. The number of hydrogen-bond acceptors (Lipinski definition) is 3. The molecule has 0 N–H and O–H groups in total. The summed E-state index contributed by atoms with van der Waals surface area (Å²) in [7, 11) is 0. The van der Waals surface area contributed by atoms with Crippen molar-refractivity contribution in [2.24, 2.45) is 5.92 Å². The number of nitrogens with zero attached hydrogens (tertiary/aromatic N) is 2. The molecule has 1 aromatic carbocycles. The van der Waals surface area contributed by atoms with Crippen LogP contribution in [0.5, 0.6) is 0 Å². The quantitative estimate of drug-likeness (QED) is 0.853. The van der Waals surface area contributed by atoms with Crippen LogP contribution in [0.4, 0.5) is 0 Å². The van der Waals surface area contributed by atoms with Crippen molar-refractivity contribution < 1.29 is 9.53 Å². The lowest BCUT2D eigenvalue weighted by atomic mass is 10.0. The number of carbonyl (C=O) groups excluding carboxylic acids is 1. The Morgan fingerprint density at radius 1 is 1.27 bits per heavy atom. The van der Waals surface area contributed by atoms with Crippen LogP contribution in [0.2, 0.25) is 5.02 Å². The van der Waals surface area contributed by atoms with Gasteiger partial charge in [0.15, 0.2) is 0 Å². The van der Waals surface area contributed by atoms with Crippen LogP contribution >= 0.6 is 11.6 Å². The summed E-state index contributed by atoms with van der Waals surface area (Å²) in [5, 5.41) is 0.782. The van der Waals surface area contributed by atoms with E-state index in [0.717, 1.165) is 57.4 Å². The van der Waals surface area contributed by atoms with Crippen LogP contribution in [0.25, 0.3) is 0 Å². The molecule has 0 bridgehead atoms. The van der Waals surface area contributed by atoms with Crippen molar-refractivity contribution >= 4 is 17.5 Å². The SMILES string of the molecule is O=C(C[C@@H]1CCOC1)N1CCN(Cc2cccc(Cl)c2)CC1. The van der Waals surface area contributed by atoms with Crippen LogP contribution in [0.3, 0.4) is 0 Å². The zero-order valence-corrected chi connectivity index (χ0v) is 13.6. The molecule has 1 aromatic rings.